The number of aryl methyl sites for hydroxylation is 1. The summed E-state index contributed by atoms with van der Waals surface area (Å²) in [7, 11) is 0. The maximum Gasteiger partial charge on any atom is 0.338 e. The lowest BCUT2D eigenvalue weighted by atomic mass is 9.95. The lowest BCUT2D eigenvalue weighted by molar-refractivity contribution is 0.0526. The van der Waals surface area contributed by atoms with Gasteiger partial charge < -0.3 is 4.74 Å². The highest BCUT2D eigenvalue weighted by atomic mass is 35.5. The molecule has 0 saturated heterocycles. The lowest BCUT2D eigenvalue weighted by Crippen LogP contribution is -2.29. The Kier molecular flexibility index (Phi) is 5.67. The van der Waals surface area contributed by atoms with Crippen LogP contribution >= 0.6 is 11.6 Å². The molecule has 0 fully saturated rings. The molecule has 0 unspecified atom stereocenters. The number of nitrogens with one attached hydrogen (secondary N) is 1. The van der Waals surface area contributed by atoms with Crippen molar-refractivity contribution >= 4 is 29.2 Å². The third-order valence-electron chi connectivity index (χ3n) is 5.95. The highest BCUT2D eigenvalue weighted by molar-refractivity contribution is 6.31. The zero-order chi connectivity index (χ0) is 23.8. The van der Waals surface area contributed by atoms with Crippen molar-refractivity contribution in [3.63, 3.8) is 0 Å². The number of ether oxygens (including phenoxy) is 1. The van der Waals surface area contributed by atoms with Crippen LogP contribution in [0.3, 0.4) is 0 Å². The molecule has 1 aliphatic heterocycles. The van der Waals surface area contributed by atoms with Gasteiger partial charge in [-0.15, -0.1) is 0 Å². The summed E-state index contributed by atoms with van der Waals surface area (Å²) < 4.78 is 5.08. The summed E-state index contributed by atoms with van der Waals surface area (Å²) in [5.74, 6) is -0.616. The van der Waals surface area contributed by atoms with E-state index in [-0.39, 0.29) is 5.91 Å². The van der Waals surface area contributed by atoms with Gasteiger partial charge in [0, 0.05) is 21.8 Å². The zero-order valence-electron chi connectivity index (χ0n) is 18.7. The average molecular weight is 472 g/mol. The third-order valence-corrected chi connectivity index (χ3v) is 6.29. The number of aromatic amines is 1. The molecule has 34 heavy (non-hydrogen) atoms. The van der Waals surface area contributed by atoms with Gasteiger partial charge in [-0.1, -0.05) is 59.6 Å². The van der Waals surface area contributed by atoms with Crippen molar-refractivity contribution in [1.29, 1.82) is 0 Å². The minimum atomic E-state index is -0.486. The monoisotopic (exact) mass is 471 g/mol. The number of carbonyl (C=O) groups excluding carboxylic acids is 2. The van der Waals surface area contributed by atoms with Gasteiger partial charge in [-0.05, 0) is 49.7 Å². The smallest absolute Gasteiger partial charge is 0.338 e. The van der Waals surface area contributed by atoms with Crippen molar-refractivity contribution in [2.75, 3.05) is 11.5 Å². The summed E-state index contributed by atoms with van der Waals surface area (Å²) in [6, 6.07) is 21.9. The zero-order valence-corrected chi connectivity index (χ0v) is 19.5. The van der Waals surface area contributed by atoms with Crippen LogP contribution in [-0.4, -0.2) is 28.7 Å². The molecule has 0 bridgehead atoms. The van der Waals surface area contributed by atoms with Crippen LogP contribution in [0.1, 0.15) is 50.5 Å². The second kappa shape index (κ2) is 8.80. The number of esters is 1. The summed E-state index contributed by atoms with van der Waals surface area (Å²) in [6.45, 7) is 4.08. The molecule has 6 nitrogen and oxygen atoms in total. The summed E-state index contributed by atoms with van der Waals surface area (Å²) in [5.41, 5.74) is 5.81. The first-order chi connectivity index (χ1) is 16.5. The molecular formula is C27H22ClN3O3. The van der Waals surface area contributed by atoms with Crippen LogP contribution in [0.15, 0.2) is 72.8 Å². The van der Waals surface area contributed by atoms with Crippen LogP contribution in [0.2, 0.25) is 5.02 Å². The molecule has 1 aromatic heterocycles. The van der Waals surface area contributed by atoms with E-state index in [1.54, 1.807) is 36.1 Å². The lowest BCUT2D eigenvalue weighted by Gasteiger charge is -2.27. The van der Waals surface area contributed by atoms with E-state index in [1.165, 1.54) is 0 Å². The van der Waals surface area contributed by atoms with Crippen molar-refractivity contribution in [3.05, 3.63) is 106 Å². The van der Waals surface area contributed by atoms with E-state index in [0.29, 0.717) is 34.3 Å². The van der Waals surface area contributed by atoms with Gasteiger partial charge in [0.2, 0.25) is 0 Å². The second-order valence-electron chi connectivity index (χ2n) is 8.09. The number of halogens is 1. The Morgan fingerprint density at radius 2 is 1.76 bits per heavy atom. The van der Waals surface area contributed by atoms with Gasteiger partial charge in [-0.2, -0.15) is 5.10 Å². The maximum atomic E-state index is 13.6. The molecule has 1 atom stereocenters. The molecule has 4 aromatic rings. The van der Waals surface area contributed by atoms with Gasteiger partial charge in [0.15, 0.2) is 0 Å². The molecular weight excluding hydrogens is 450 g/mol. The van der Waals surface area contributed by atoms with Crippen LogP contribution in [0.5, 0.6) is 0 Å². The maximum absolute atomic E-state index is 13.6. The Bertz CT molecular complexity index is 1380. The van der Waals surface area contributed by atoms with E-state index < -0.39 is 12.0 Å². The van der Waals surface area contributed by atoms with E-state index in [0.717, 1.165) is 22.3 Å². The predicted octanol–water partition coefficient (Wildman–Crippen LogP) is 5.97. The fraction of sp³-hybridized carbons (Fsp3) is 0.148. The number of H-pyrrole nitrogens is 1. The largest absolute Gasteiger partial charge is 0.462 e. The van der Waals surface area contributed by atoms with Crippen molar-refractivity contribution in [2.24, 2.45) is 0 Å². The number of hydrogen-bond acceptors (Lipinski definition) is 4. The topological polar surface area (TPSA) is 75.3 Å². The molecule has 0 aliphatic carbocycles. The van der Waals surface area contributed by atoms with Gasteiger partial charge in [0.25, 0.3) is 5.91 Å². The number of rotatable bonds is 5. The molecule has 5 rings (SSSR count). The van der Waals surface area contributed by atoms with Gasteiger partial charge in [-0.25, -0.2) is 4.79 Å². The van der Waals surface area contributed by atoms with Gasteiger partial charge in [-0.3, -0.25) is 14.8 Å². The number of hydrogen-bond donors (Lipinski definition) is 1. The average Bonchev–Trinajstić information content (AvgIpc) is 3.39. The van der Waals surface area contributed by atoms with Gasteiger partial charge >= 0.3 is 5.97 Å². The standard InChI is InChI=1S/C27H22ClN3O3/c1-3-34-27(33)18-12-14-19(15-13-18)31-25(20-6-4-5-7-21(20)28)22-23(29-30-24(22)26(31)32)17-10-8-16(2)9-11-17/h4-15,25H,3H2,1-2H3,(H,29,30)/t25-/m1/s1. The van der Waals surface area contributed by atoms with E-state index in [1.807, 2.05) is 55.5 Å². The van der Waals surface area contributed by atoms with E-state index >= 15 is 0 Å². The van der Waals surface area contributed by atoms with Crippen molar-refractivity contribution in [2.45, 2.75) is 19.9 Å². The molecule has 0 spiro atoms. The van der Waals surface area contributed by atoms with Crippen LogP contribution in [0.4, 0.5) is 5.69 Å². The minimum absolute atomic E-state index is 0.213. The van der Waals surface area contributed by atoms with Crippen LogP contribution in [0.25, 0.3) is 11.3 Å². The Morgan fingerprint density at radius 1 is 1.06 bits per heavy atom. The van der Waals surface area contributed by atoms with E-state index in [9.17, 15) is 9.59 Å². The number of fused-ring (bicyclic) bond motifs is 1. The molecule has 1 aliphatic rings. The molecule has 1 amide bonds. The minimum Gasteiger partial charge on any atom is -0.462 e. The van der Waals surface area contributed by atoms with Crippen molar-refractivity contribution in [3.8, 4) is 11.3 Å². The summed E-state index contributed by atoms with van der Waals surface area (Å²) in [4.78, 5) is 27.4. The molecule has 0 saturated carbocycles. The fourth-order valence-electron chi connectivity index (χ4n) is 4.31. The first-order valence-corrected chi connectivity index (χ1v) is 11.4. The van der Waals surface area contributed by atoms with Crippen LogP contribution in [0, 0.1) is 6.92 Å². The number of amides is 1. The predicted molar refractivity (Wildman–Crippen MR) is 131 cm³/mol. The van der Waals surface area contributed by atoms with Crippen molar-refractivity contribution < 1.29 is 14.3 Å². The first kappa shape index (κ1) is 21.9. The van der Waals surface area contributed by atoms with Crippen molar-refractivity contribution in [1.82, 2.24) is 10.2 Å². The molecule has 170 valence electrons. The summed E-state index contributed by atoms with van der Waals surface area (Å²) in [5, 5.41) is 8.01. The molecule has 2 heterocycles. The van der Waals surface area contributed by atoms with Crippen LogP contribution in [-0.2, 0) is 4.74 Å². The SMILES string of the molecule is CCOC(=O)c1ccc(N2C(=O)c3[nH]nc(-c4ccc(C)cc4)c3[C@H]2c2ccccc2Cl)cc1. The summed E-state index contributed by atoms with van der Waals surface area (Å²) >= 11 is 6.63. The Balaban J connectivity index is 1.65. The van der Waals surface area contributed by atoms with E-state index in [4.69, 9.17) is 16.3 Å². The molecule has 7 heteroatoms. The van der Waals surface area contributed by atoms with E-state index in [2.05, 4.69) is 10.2 Å². The Labute approximate surface area is 202 Å². The number of carbonyl (C=O) groups is 2. The normalized spacial score (nSPS) is 14.9. The van der Waals surface area contributed by atoms with Crippen LogP contribution < -0.4 is 4.90 Å². The number of nitrogens with zero attached hydrogens (tertiary/aromatic N) is 2. The summed E-state index contributed by atoms with van der Waals surface area (Å²) in [6.07, 6.45) is 0. The highest BCUT2D eigenvalue weighted by Gasteiger charge is 2.43. The Hall–Kier alpha value is -3.90. The Morgan fingerprint density at radius 3 is 2.44 bits per heavy atom. The highest BCUT2D eigenvalue weighted by Crippen LogP contribution is 2.46. The van der Waals surface area contributed by atoms with Gasteiger partial charge in [0.05, 0.1) is 23.9 Å². The van der Waals surface area contributed by atoms with Gasteiger partial charge in [0.1, 0.15) is 5.69 Å². The number of benzene rings is 3. The fourth-order valence-corrected chi connectivity index (χ4v) is 4.55. The number of anilines is 1. The third kappa shape index (κ3) is 3.66. The molecule has 1 N–H and O–H groups in total. The molecule has 0 radical (unpaired) electrons. The second-order valence-corrected chi connectivity index (χ2v) is 8.50. The number of aromatic nitrogens is 2. The first-order valence-electron chi connectivity index (χ1n) is 11.0. The molecule has 3 aromatic carbocycles. The quantitative estimate of drug-likeness (QED) is 0.364.